The summed E-state index contributed by atoms with van der Waals surface area (Å²) in [6, 6.07) is 0. The monoisotopic (exact) mass is 352 g/mol. The van der Waals surface area contributed by atoms with Crippen molar-refractivity contribution in [3.8, 4) is 0 Å². The van der Waals surface area contributed by atoms with Crippen LogP contribution in [0.15, 0.2) is 23.3 Å². The van der Waals surface area contributed by atoms with Crippen LogP contribution in [0, 0.1) is 23.2 Å². The molecule has 4 aliphatic rings. The molecule has 3 N–H and O–H groups in total. The first-order valence-corrected chi connectivity index (χ1v) is 10.5. The molecule has 0 heterocycles. The standard InChI is InChI=1S/C18H25O5P/c1-17-8-6-13-12-7-9-18(20,24(21,22)23)10-11(12)2-3-14(13)15(17)4-5-16(17)19/h7,10,13-15,20H,2-6,8-9H2,1H3,(H2,21,22,23)/t13-,14-,15+,17+,18?/m1/s1. The normalized spacial score (nSPS) is 45.0. The molecule has 5 atom stereocenters. The van der Waals surface area contributed by atoms with E-state index in [1.54, 1.807) is 0 Å². The van der Waals surface area contributed by atoms with Gasteiger partial charge in [-0.25, -0.2) is 0 Å². The van der Waals surface area contributed by atoms with Gasteiger partial charge in [-0.3, -0.25) is 9.36 Å². The van der Waals surface area contributed by atoms with E-state index in [1.165, 1.54) is 11.6 Å². The number of hydrogen-bond donors (Lipinski definition) is 3. The lowest BCUT2D eigenvalue weighted by atomic mass is 9.54. The van der Waals surface area contributed by atoms with Crippen molar-refractivity contribution in [3.63, 3.8) is 0 Å². The second kappa shape index (κ2) is 5.14. The Balaban J connectivity index is 1.65. The Morgan fingerprint density at radius 1 is 1.21 bits per heavy atom. The third kappa shape index (κ3) is 2.18. The molecule has 0 spiro atoms. The third-order valence-corrected chi connectivity index (χ3v) is 8.52. The average Bonchev–Trinajstić information content (AvgIpc) is 2.81. The van der Waals surface area contributed by atoms with Crippen LogP contribution in [0.2, 0.25) is 0 Å². The van der Waals surface area contributed by atoms with Gasteiger partial charge in [-0.05, 0) is 67.1 Å². The van der Waals surface area contributed by atoms with E-state index in [0.717, 1.165) is 37.7 Å². The number of hydrogen-bond acceptors (Lipinski definition) is 3. The van der Waals surface area contributed by atoms with Crippen molar-refractivity contribution >= 4 is 13.4 Å². The van der Waals surface area contributed by atoms with Gasteiger partial charge < -0.3 is 14.9 Å². The number of fused-ring (bicyclic) bond motifs is 5. The van der Waals surface area contributed by atoms with Crippen molar-refractivity contribution in [2.45, 2.75) is 57.2 Å². The maximum atomic E-state index is 12.3. The van der Waals surface area contributed by atoms with Crippen LogP contribution in [0.4, 0.5) is 0 Å². The first-order valence-electron chi connectivity index (χ1n) is 8.89. The zero-order valence-corrected chi connectivity index (χ0v) is 14.8. The molecule has 0 bridgehead atoms. The summed E-state index contributed by atoms with van der Waals surface area (Å²) in [6.07, 6.45) is 8.47. The van der Waals surface area contributed by atoms with Gasteiger partial charge in [-0.2, -0.15) is 0 Å². The summed E-state index contributed by atoms with van der Waals surface area (Å²) in [4.78, 5) is 31.3. The summed E-state index contributed by atoms with van der Waals surface area (Å²) in [6.45, 7) is 2.14. The molecule has 6 heteroatoms. The predicted octanol–water partition coefficient (Wildman–Crippen LogP) is 2.91. The molecule has 4 aliphatic carbocycles. The minimum Gasteiger partial charge on any atom is -0.373 e. The highest BCUT2D eigenvalue weighted by Crippen LogP contribution is 2.62. The summed E-state index contributed by atoms with van der Waals surface area (Å²) in [7, 11) is -4.60. The van der Waals surface area contributed by atoms with E-state index in [0.29, 0.717) is 30.0 Å². The predicted molar refractivity (Wildman–Crippen MR) is 89.1 cm³/mol. The van der Waals surface area contributed by atoms with Crippen LogP contribution in [0.1, 0.15) is 51.9 Å². The molecule has 0 aliphatic heterocycles. The molecule has 0 radical (unpaired) electrons. The van der Waals surface area contributed by atoms with Crippen molar-refractivity contribution < 1.29 is 24.3 Å². The molecule has 1 unspecified atom stereocenters. The van der Waals surface area contributed by atoms with E-state index in [9.17, 15) is 24.3 Å². The van der Waals surface area contributed by atoms with Crippen molar-refractivity contribution in [2.24, 2.45) is 23.2 Å². The van der Waals surface area contributed by atoms with Gasteiger partial charge in [0.15, 0.2) is 5.34 Å². The second-order valence-electron chi connectivity index (χ2n) is 8.29. The summed E-state index contributed by atoms with van der Waals surface area (Å²) in [5.41, 5.74) is 1.91. The van der Waals surface area contributed by atoms with Crippen LogP contribution in [-0.4, -0.2) is 26.0 Å². The van der Waals surface area contributed by atoms with E-state index >= 15 is 0 Å². The van der Waals surface area contributed by atoms with Crippen LogP contribution in [0.3, 0.4) is 0 Å². The van der Waals surface area contributed by atoms with Crippen LogP contribution in [-0.2, 0) is 9.36 Å². The van der Waals surface area contributed by atoms with E-state index < -0.39 is 12.9 Å². The lowest BCUT2D eigenvalue weighted by Crippen LogP contribution is -2.44. The van der Waals surface area contributed by atoms with Gasteiger partial charge in [0.05, 0.1) is 0 Å². The summed E-state index contributed by atoms with van der Waals surface area (Å²) < 4.78 is 11.6. The van der Waals surface area contributed by atoms with E-state index in [4.69, 9.17) is 0 Å². The zero-order chi connectivity index (χ0) is 17.3. The highest BCUT2D eigenvalue weighted by Gasteiger charge is 2.56. The average molecular weight is 352 g/mol. The van der Waals surface area contributed by atoms with Gasteiger partial charge >= 0.3 is 7.60 Å². The van der Waals surface area contributed by atoms with Gasteiger partial charge in [-0.15, -0.1) is 0 Å². The van der Waals surface area contributed by atoms with Crippen molar-refractivity contribution in [2.75, 3.05) is 0 Å². The molecular weight excluding hydrogens is 327 g/mol. The number of allylic oxidation sites excluding steroid dienone is 2. The minimum absolute atomic E-state index is 0.0276. The molecule has 0 aromatic rings. The number of Topliss-reactive ketones (excluding diaryl/α,β-unsaturated/α-hetero) is 1. The number of carbonyl (C=O) groups is 1. The molecule has 0 aromatic heterocycles. The van der Waals surface area contributed by atoms with Gasteiger partial charge in [-0.1, -0.05) is 13.0 Å². The van der Waals surface area contributed by atoms with Crippen molar-refractivity contribution in [1.82, 2.24) is 0 Å². The van der Waals surface area contributed by atoms with Crippen LogP contribution >= 0.6 is 7.60 Å². The largest absolute Gasteiger partial charge is 0.373 e. The second-order valence-corrected chi connectivity index (χ2v) is 10.2. The van der Waals surface area contributed by atoms with Crippen LogP contribution < -0.4 is 0 Å². The van der Waals surface area contributed by atoms with Crippen molar-refractivity contribution in [1.29, 1.82) is 0 Å². The molecule has 3 saturated carbocycles. The van der Waals surface area contributed by atoms with Crippen molar-refractivity contribution in [3.05, 3.63) is 23.3 Å². The molecule has 5 nitrogen and oxygen atoms in total. The molecule has 24 heavy (non-hydrogen) atoms. The lowest BCUT2D eigenvalue weighted by molar-refractivity contribution is -0.129. The number of rotatable bonds is 1. The Bertz CT molecular complexity index is 704. The van der Waals surface area contributed by atoms with Crippen LogP contribution in [0.25, 0.3) is 0 Å². The Hall–Kier alpha value is -0.740. The maximum absolute atomic E-state index is 12.3. The quantitative estimate of drug-likeness (QED) is 0.631. The summed E-state index contributed by atoms with van der Waals surface area (Å²) >= 11 is 0. The molecular formula is C18H25O5P. The molecule has 0 saturated heterocycles. The van der Waals surface area contributed by atoms with Crippen LogP contribution in [0.5, 0.6) is 0 Å². The lowest BCUT2D eigenvalue weighted by Gasteiger charge is -2.50. The number of aliphatic hydroxyl groups is 1. The maximum Gasteiger partial charge on any atom is 0.361 e. The first kappa shape index (κ1) is 16.7. The number of carbonyl (C=O) groups excluding carboxylic acids is 1. The minimum atomic E-state index is -4.60. The highest BCUT2D eigenvalue weighted by atomic mass is 31.2. The fourth-order valence-electron chi connectivity index (χ4n) is 5.79. The summed E-state index contributed by atoms with van der Waals surface area (Å²) in [5.74, 6) is 1.71. The van der Waals surface area contributed by atoms with E-state index in [1.807, 2.05) is 6.08 Å². The Morgan fingerprint density at radius 3 is 2.67 bits per heavy atom. The fraction of sp³-hybridized carbons (Fsp3) is 0.722. The first-order chi connectivity index (χ1) is 11.2. The van der Waals surface area contributed by atoms with Gasteiger partial charge in [0.2, 0.25) is 0 Å². The number of ketones is 1. The Kier molecular flexibility index (Phi) is 3.58. The van der Waals surface area contributed by atoms with E-state index in [2.05, 4.69) is 6.92 Å². The van der Waals surface area contributed by atoms with Gasteiger partial charge in [0.25, 0.3) is 0 Å². The molecule has 4 rings (SSSR count). The fourth-order valence-corrected chi connectivity index (χ4v) is 6.44. The Labute approximate surface area is 142 Å². The SMILES string of the molecule is C[C@]12CC[C@@H]3C4=CCC(O)(P(=O)(O)O)C=C4CC[C@H]3[C@@H]1CCC2=O. The molecule has 132 valence electrons. The Morgan fingerprint density at radius 2 is 1.96 bits per heavy atom. The van der Waals surface area contributed by atoms with Gasteiger partial charge in [0, 0.05) is 18.3 Å². The summed E-state index contributed by atoms with van der Waals surface area (Å²) in [5, 5.41) is 8.29. The topological polar surface area (TPSA) is 94.8 Å². The zero-order valence-electron chi connectivity index (χ0n) is 13.9. The molecule has 0 aromatic carbocycles. The molecule has 0 amide bonds. The van der Waals surface area contributed by atoms with Gasteiger partial charge in [0.1, 0.15) is 5.78 Å². The molecule has 3 fully saturated rings. The third-order valence-electron chi connectivity index (χ3n) is 7.20. The smallest absolute Gasteiger partial charge is 0.361 e. The van der Waals surface area contributed by atoms with E-state index in [-0.39, 0.29) is 11.8 Å². The highest BCUT2D eigenvalue weighted by molar-refractivity contribution is 7.53.